The average Bonchev–Trinajstić information content (AvgIpc) is 2.87. The number of hydrogen-bond donors (Lipinski definition) is 2. The van der Waals surface area contributed by atoms with Crippen LogP contribution >= 0.6 is 11.3 Å². The van der Waals surface area contributed by atoms with Gasteiger partial charge in [0.2, 0.25) is 0 Å². The second-order valence-corrected chi connectivity index (χ2v) is 8.03. The second-order valence-electron chi connectivity index (χ2n) is 6.90. The van der Waals surface area contributed by atoms with Crippen LogP contribution in [0, 0.1) is 11.3 Å². The molecule has 0 aliphatic heterocycles. The predicted molar refractivity (Wildman–Crippen MR) is 87.9 cm³/mol. The summed E-state index contributed by atoms with van der Waals surface area (Å²) in [6.07, 6.45) is 5.45. The third-order valence-electron chi connectivity index (χ3n) is 4.50. The van der Waals surface area contributed by atoms with Crippen LogP contribution < -0.4 is 5.32 Å². The average molecular weight is 309 g/mol. The van der Waals surface area contributed by atoms with Crippen molar-refractivity contribution in [2.24, 2.45) is 11.3 Å². The van der Waals surface area contributed by atoms with Crippen molar-refractivity contribution in [3.63, 3.8) is 0 Å². The molecule has 1 aromatic heterocycles. The highest BCUT2D eigenvalue weighted by atomic mass is 32.1. The Balaban J connectivity index is 1.96. The van der Waals surface area contributed by atoms with Gasteiger partial charge in [-0.2, -0.15) is 0 Å². The van der Waals surface area contributed by atoms with E-state index in [0.717, 1.165) is 23.6 Å². The summed E-state index contributed by atoms with van der Waals surface area (Å²) >= 11 is 1.66. The summed E-state index contributed by atoms with van der Waals surface area (Å²) in [6.45, 7) is 7.14. The summed E-state index contributed by atoms with van der Waals surface area (Å²) in [5, 5.41) is 12.1. The van der Waals surface area contributed by atoms with Crippen LogP contribution in [0.1, 0.15) is 60.1 Å². The topological polar surface area (TPSA) is 49.3 Å². The second kappa shape index (κ2) is 6.93. The molecule has 0 bridgehead atoms. The molecule has 0 spiro atoms. The Kier molecular flexibility index (Phi) is 5.44. The van der Waals surface area contributed by atoms with Gasteiger partial charge in [0.05, 0.1) is 4.88 Å². The maximum atomic E-state index is 12.3. The lowest BCUT2D eigenvalue weighted by atomic mass is 9.87. The predicted octanol–water partition coefficient (Wildman–Crippen LogP) is 3.40. The van der Waals surface area contributed by atoms with Gasteiger partial charge in [-0.25, -0.2) is 0 Å². The van der Waals surface area contributed by atoms with E-state index in [1.807, 2.05) is 0 Å². The Hall–Kier alpha value is -0.870. The fourth-order valence-corrected chi connectivity index (χ4v) is 3.98. The Labute approximate surface area is 131 Å². The molecule has 1 amide bonds. The molecule has 0 saturated heterocycles. The normalized spacial score (nSPS) is 18.4. The van der Waals surface area contributed by atoms with Gasteiger partial charge in [-0.05, 0) is 48.6 Å². The van der Waals surface area contributed by atoms with Crippen molar-refractivity contribution in [3.05, 3.63) is 21.4 Å². The molecule has 118 valence electrons. The number of aliphatic hydroxyl groups is 1. The van der Waals surface area contributed by atoms with Gasteiger partial charge in [0.1, 0.15) is 0 Å². The standard InChI is InChI=1S/C17H27NO2S/c1-4-12-5-6-14-13(9-12)10-15(21-14)16(20)18-11-17(2,3)7-8-19/h10,12,19H,4-9,11H2,1-3H3,(H,18,20). The zero-order valence-corrected chi connectivity index (χ0v) is 14.2. The van der Waals surface area contributed by atoms with Crippen LogP contribution in [0.25, 0.3) is 0 Å². The monoisotopic (exact) mass is 309 g/mol. The van der Waals surface area contributed by atoms with Crippen LogP contribution in [-0.4, -0.2) is 24.2 Å². The number of hydrogen-bond acceptors (Lipinski definition) is 3. The summed E-state index contributed by atoms with van der Waals surface area (Å²) in [6, 6.07) is 2.09. The number of rotatable bonds is 6. The molecule has 0 fully saturated rings. The van der Waals surface area contributed by atoms with Crippen LogP contribution in [0.15, 0.2) is 6.07 Å². The molecule has 1 unspecified atom stereocenters. The van der Waals surface area contributed by atoms with E-state index in [2.05, 4.69) is 32.2 Å². The van der Waals surface area contributed by atoms with Crippen LogP contribution in [-0.2, 0) is 12.8 Å². The molecular weight excluding hydrogens is 282 g/mol. The number of aliphatic hydroxyl groups excluding tert-OH is 1. The van der Waals surface area contributed by atoms with Crippen molar-refractivity contribution in [1.29, 1.82) is 0 Å². The lowest BCUT2D eigenvalue weighted by Gasteiger charge is -2.23. The van der Waals surface area contributed by atoms with E-state index >= 15 is 0 Å². The van der Waals surface area contributed by atoms with Crippen LogP contribution in [0.3, 0.4) is 0 Å². The number of carbonyl (C=O) groups is 1. The van der Waals surface area contributed by atoms with Gasteiger partial charge in [-0.3, -0.25) is 4.79 Å². The van der Waals surface area contributed by atoms with Gasteiger partial charge in [-0.1, -0.05) is 27.2 Å². The van der Waals surface area contributed by atoms with Crippen molar-refractivity contribution < 1.29 is 9.90 Å². The van der Waals surface area contributed by atoms with E-state index in [0.29, 0.717) is 13.0 Å². The van der Waals surface area contributed by atoms with Crippen molar-refractivity contribution in [1.82, 2.24) is 5.32 Å². The zero-order valence-electron chi connectivity index (χ0n) is 13.4. The minimum Gasteiger partial charge on any atom is -0.396 e. The molecule has 0 saturated carbocycles. The lowest BCUT2D eigenvalue weighted by molar-refractivity contribution is 0.0932. The maximum Gasteiger partial charge on any atom is 0.261 e. The van der Waals surface area contributed by atoms with Crippen LogP contribution in [0.5, 0.6) is 0 Å². The molecule has 1 heterocycles. The van der Waals surface area contributed by atoms with Crippen molar-refractivity contribution in [2.75, 3.05) is 13.2 Å². The molecule has 0 radical (unpaired) electrons. The van der Waals surface area contributed by atoms with E-state index in [1.54, 1.807) is 11.3 Å². The van der Waals surface area contributed by atoms with E-state index in [-0.39, 0.29) is 17.9 Å². The lowest BCUT2D eigenvalue weighted by Crippen LogP contribution is -2.34. The number of thiophene rings is 1. The molecule has 0 aromatic carbocycles. The number of carbonyl (C=O) groups excluding carboxylic acids is 1. The van der Waals surface area contributed by atoms with Gasteiger partial charge in [0.15, 0.2) is 0 Å². The van der Waals surface area contributed by atoms with Gasteiger partial charge in [-0.15, -0.1) is 11.3 Å². The molecule has 1 aromatic rings. The first-order valence-corrected chi connectivity index (χ1v) is 8.77. The van der Waals surface area contributed by atoms with Crippen LogP contribution in [0.4, 0.5) is 0 Å². The number of amides is 1. The molecule has 1 atom stereocenters. The van der Waals surface area contributed by atoms with Gasteiger partial charge >= 0.3 is 0 Å². The Morgan fingerprint density at radius 3 is 2.95 bits per heavy atom. The molecular formula is C17H27NO2S. The van der Waals surface area contributed by atoms with Gasteiger partial charge in [0.25, 0.3) is 5.91 Å². The summed E-state index contributed by atoms with van der Waals surface area (Å²) < 4.78 is 0. The Morgan fingerprint density at radius 1 is 1.52 bits per heavy atom. The van der Waals surface area contributed by atoms with Crippen molar-refractivity contribution in [2.45, 2.75) is 52.9 Å². The molecule has 2 N–H and O–H groups in total. The Bertz CT molecular complexity index is 493. The first-order chi connectivity index (χ1) is 9.95. The summed E-state index contributed by atoms with van der Waals surface area (Å²) in [4.78, 5) is 14.5. The van der Waals surface area contributed by atoms with E-state index in [1.165, 1.54) is 23.3 Å². The third kappa shape index (κ3) is 4.30. The minimum atomic E-state index is -0.0609. The van der Waals surface area contributed by atoms with Crippen LogP contribution in [0.2, 0.25) is 0 Å². The fraction of sp³-hybridized carbons (Fsp3) is 0.706. The summed E-state index contributed by atoms with van der Waals surface area (Å²) in [5.74, 6) is 0.819. The molecule has 1 aliphatic carbocycles. The zero-order chi connectivity index (χ0) is 15.5. The Morgan fingerprint density at radius 2 is 2.29 bits per heavy atom. The first-order valence-electron chi connectivity index (χ1n) is 7.96. The molecule has 21 heavy (non-hydrogen) atoms. The van der Waals surface area contributed by atoms with Crippen molar-refractivity contribution >= 4 is 17.2 Å². The molecule has 2 rings (SSSR count). The van der Waals surface area contributed by atoms with E-state index in [9.17, 15) is 4.79 Å². The number of aryl methyl sites for hydroxylation is 1. The number of fused-ring (bicyclic) bond motifs is 1. The summed E-state index contributed by atoms with van der Waals surface area (Å²) in [7, 11) is 0. The molecule has 3 nitrogen and oxygen atoms in total. The molecule has 1 aliphatic rings. The van der Waals surface area contributed by atoms with E-state index < -0.39 is 0 Å². The smallest absolute Gasteiger partial charge is 0.261 e. The van der Waals surface area contributed by atoms with Crippen molar-refractivity contribution in [3.8, 4) is 0 Å². The maximum absolute atomic E-state index is 12.3. The quantitative estimate of drug-likeness (QED) is 0.846. The largest absolute Gasteiger partial charge is 0.396 e. The number of nitrogens with one attached hydrogen (secondary N) is 1. The first kappa shape index (κ1) is 16.5. The fourth-order valence-electron chi connectivity index (χ4n) is 2.86. The highest BCUT2D eigenvalue weighted by molar-refractivity contribution is 7.14. The molecule has 4 heteroatoms. The SMILES string of the molecule is CCC1CCc2sc(C(=O)NCC(C)(C)CCO)cc2C1. The van der Waals surface area contributed by atoms with Gasteiger partial charge < -0.3 is 10.4 Å². The highest BCUT2D eigenvalue weighted by Gasteiger charge is 2.23. The van der Waals surface area contributed by atoms with Gasteiger partial charge in [0, 0.05) is 18.0 Å². The minimum absolute atomic E-state index is 0.0356. The third-order valence-corrected chi connectivity index (χ3v) is 5.74. The van der Waals surface area contributed by atoms with E-state index in [4.69, 9.17) is 5.11 Å². The highest BCUT2D eigenvalue weighted by Crippen LogP contribution is 2.33. The summed E-state index contributed by atoms with van der Waals surface area (Å²) in [5.41, 5.74) is 1.33.